The van der Waals surface area contributed by atoms with E-state index in [1.165, 1.54) is 0 Å². The first-order valence-corrected chi connectivity index (χ1v) is 9.81. The van der Waals surface area contributed by atoms with Crippen LogP contribution in [0.15, 0.2) is 30.3 Å². The fourth-order valence-corrected chi connectivity index (χ4v) is 3.25. The minimum absolute atomic E-state index is 0.353. The molecule has 1 N–H and O–H groups in total. The third-order valence-electron chi connectivity index (χ3n) is 4.37. The molecule has 1 aromatic carbocycles. The Morgan fingerprint density at radius 2 is 1.64 bits per heavy atom. The van der Waals surface area contributed by atoms with Crippen LogP contribution in [0, 0.1) is 0 Å². The quantitative estimate of drug-likeness (QED) is 0.755. The second-order valence-electron chi connectivity index (χ2n) is 9.28. The molecule has 0 heterocycles. The average Bonchev–Trinajstić information content (AvgIpc) is 2.94. The normalized spacial score (nSPS) is 22.6. The first kappa shape index (κ1) is 22.2. The van der Waals surface area contributed by atoms with Crippen molar-refractivity contribution in [2.45, 2.75) is 90.3 Å². The maximum absolute atomic E-state index is 13.1. The van der Waals surface area contributed by atoms with E-state index in [0.717, 1.165) is 12.0 Å². The van der Waals surface area contributed by atoms with E-state index in [-0.39, 0.29) is 0 Å². The molecule has 156 valence electrons. The van der Waals surface area contributed by atoms with Crippen LogP contribution in [0.3, 0.4) is 0 Å². The fourth-order valence-electron chi connectivity index (χ4n) is 3.25. The number of hydrogen-bond acceptors (Lipinski definition) is 5. The molecule has 0 aromatic heterocycles. The minimum atomic E-state index is -1.26. The van der Waals surface area contributed by atoms with Crippen LogP contribution in [0.25, 0.3) is 0 Å². The van der Waals surface area contributed by atoms with E-state index in [4.69, 9.17) is 14.2 Å². The molecule has 2 atom stereocenters. The van der Waals surface area contributed by atoms with Crippen molar-refractivity contribution in [1.82, 2.24) is 5.32 Å². The number of rotatable bonds is 5. The van der Waals surface area contributed by atoms with Crippen molar-refractivity contribution in [2.75, 3.05) is 0 Å². The first-order valence-electron chi connectivity index (χ1n) is 9.81. The lowest BCUT2D eigenvalue weighted by Gasteiger charge is -2.36. The van der Waals surface area contributed by atoms with Gasteiger partial charge in [0.25, 0.3) is 0 Å². The van der Waals surface area contributed by atoms with Crippen LogP contribution in [0.2, 0.25) is 0 Å². The zero-order valence-electron chi connectivity index (χ0n) is 17.8. The van der Waals surface area contributed by atoms with E-state index < -0.39 is 34.9 Å². The Kier molecular flexibility index (Phi) is 6.75. The molecule has 0 radical (unpaired) electrons. The molecule has 6 heteroatoms. The molecule has 0 aliphatic heterocycles. The molecule has 1 fully saturated rings. The molecule has 6 nitrogen and oxygen atoms in total. The molecule has 0 spiro atoms. The molecule has 1 amide bonds. The predicted octanol–water partition coefficient (Wildman–Crippen LogP) is 4.36. The number of hydrogen-bond donors (Lipinski definition) is 1. The van der Waals surface area contributed by atoms with E-state index in [0.29, 0.717) is 19.4 Å². The lowest BCUT2D eigenvalue weighted by Crippen LogP contribution is -2.62. The Labute approximate surface area is 167 Å². The van der Waals surface area contributed by atoms with E-state index in [1.54, 1.807) is 41.5 Å². The number of alkyl carbamates (subject to hydrolysis) is 1. The number of carbonyl (C=O) groups excluding carboxylic acids is 2. The average molecular weight is 392 g/mol. The first-order chi connectivity index (χ1) is 12.9. The van der Waals surface area contributed by atoms with Gasteiger partial charge >= 0.3 is 12.1 Å². The summed E-state index contributed by atoms with van der Waals surface area (Å²) in [6.45, 7) is 11.1. The molecule has 0 bridgehead atoms. The summed E-state index contributed by atoms with van der Waals surface area (Å²) in [5.74, 6) is -0.485. The van der Waals surface area contributed by atoms with Crippen LogP contribution in [-0.4, -0.2) is 34.9 Å². The summed E-state index contributed by atoms with van der Waals surface area (Å²) in [6, 6.07) is 9.74. The van der Waals surface area contributed by atoms with Crippen LogP contribution in [0.5, 0.6) is 0 Å². The number of ether oxygens (including phenoxy) is 3. The molecular weight excluding hydrogens is 358 g/mol. The highest BCUT2D eigenvalue weighted by Crippen LogP contribution is 2.36. The van der Waals surface area contributed by atoms with Gasteiger partial charge in [-0.1, -0.05) is 30.3 Å². The topological polar surface area (TPSA) is 73.9 Å². The molecule has 1 aliphatic rings. The van der Waals surface area contributed by atoms with Gasteiger partial charge in [0.05, 0.1) is 12.7 Å². The lowest BCUT2D eigenvalue weighted by molar-refractivity contribution is -0.169. The second-order valence-corrected chi connectivity index (χ2v) is 9.28. The summed E-state index contributed by atoms with van der Waals surface area (Å²) < 4.78 is 17.2. The van der Waals surface area contributed by atoms with Gasteiger partial charge in [-0.25, -0.2) is 9.59 Å². The Balaban J connectivity index is 2.22. The lowest BCUT2D eigenvalue weighted by atomic mass is 9.94. The van der Waals surface area contributed by atoms with Gasteiger partial charge in [-0.3, -0.25) is 0 Å². The van der Waals surface area contributed by atoms with Gasteiger partial charge < -0.3 is 19.5 Å². The molecule has 0 unspecified atom stereocenters. The third-order valence-corrected chi connectivity index (χ3v) is 4.37. The largest absolute Gasteiger partial charge is 0.458 e. The molecule has 1 aromatic rings. The van der Waals surface area contributed by atoms with Crippen molar-refractivity contribution in [2.24, 2.45) is 0 Å². The van der Waals surface area contributed by atoms with Crippen LogP contribution < -0.4 is 5.32 Å². The van der Waals surface area contributed by atoms with Gasteiger partial charge in [-0.2, -0.15) is 0 Å². The van der Waals surface area contributed by atoms with Gasteiger partial charge in [0, 0.05) is 0 Å². The maximum atomic E-state index is 13.1. The fraction of sp³-hybridized carbons (Fsp3) is 0.636. The van der Waals surface area contributed by atoms with Crippen LogP contribution in [0.4, 0.5) is 4.79 Å². The highest BCUT2D eigenvalue weighted by molar-refractivity contribution is 5.87. The SMILES string of the molecule is CC(C)(C)OC(=O)N[C@]1(C(=O)OC(C)(C)C)CCC[C@@H]1OCc1ccccc1. The van der Waals surface area contributed by atoms with Crippen LogP contribution >= 0.6 is 0 Å². The summed E-state index contributed by atoms with van der Waals surface area (Å²) in [6.07, 6.45) is 0.709. The number of esters is 1. The Hall–Kier alpha value is -2.08. The van der Waals surface area contributed by atoms with Gasteiger partial charge in [0.15, 0.2) is 5.54 Å². The molecule has 1 saturated carbocycles. The summed E-state index contributed by atoms with van der Waals surface area (Å²) in [7, 11) is 0. The molecule has 0 saturated heterocycles. The molecular formula is C22H33NO5. The van der Waals surface area contributed by atoms with Crippen molar-refractivity contribution in [3.63, 3.8) is 0 Å². The van der Waals surface area contributed by atoms with E-state index in [2.05, 4.69) is 5.32 Å². The third kappa shape index (κ3) is 6.23. The monoisotopic (exact) mass is 391 g/mol. The number of carbonyl (C=O) groups is 2. The van der Waals surface area contributed by atoms with Crippen molar-refractivity contribution >= 4 is 12.1 Å². The summed E-state index contributed by atoms with van der Waals surface area (Å²) in [4.78, 5) is 25.6. The summed E-state index contributed by atoms with van der Waals surface area (Å²) >= 11 is 0. The highest BCUT2D eigenvalue weighted by atomic mass is 16.6. The van der Waals surface area contributed by atoms with E-state index in [9.17, 15) is 9.59 Å². The van der Waals surface area contributed by atoms with E-state index in [1.807, 2.05) is 30.3 Å². The molecule has 28 heavy (non-hydrogen) atoms. The van der Waals surface area contributed by atoms with Crippen LogP contribution in [-0.2, 0) is 25.6 Å². The van der Waals surface area contributed by atoms with Crippen LogP contribution in [0.1, 0.15) is 66.4 Å². The minimum Gasteiger partial charge on any atom is -0.458 e. The van der Waals surface area contributed by atoms with Crippen molar-refractivity contribution < 1.29 is 23.8 Å². The van der Waals surface area contributed by atoms with Gasteiger partial charge in [0.1, 0.15) is 11.2 Å². The highest BCUT2D eigenvalue weighted by Gasteiger charge is 2.54. The maximum Gasteiger partial charge on any atom is 0.408 e. The van der Waals surface area contributed by atoms with Gasteiger partial charge in [-0.05, 0) is 66.4 Å². The van der Waals surface area contributed by atoms with Gasteiger partial charge in [-0.15, -0.1) is 0 Å². The summed E-state index contributed by atoms with van der Waals surface area (Å²) in [5, 5.41) is 2.80. The summed E-state index contributed by atoms with van der Waals surface area (Å²) in [5.41, 5.74) is -1.60. The Morgan fingerprint density at radius 1 is 1.04 bits per heavy atom. The Bertz CT molecular complexity index is 674. The van der Waals surface area contributed by atoms with Gasteiger partial charge in [0.2, 0.25) is 0 Å². The van der Waals surface area contributed by atoms with Crippen molar-refractivity contribution in [1.29, 1.82) is 0 Å². The number of nitrogens with one attached hydrogen (secondary N) is 1. The molecule has 1 aliphatic carbocycles. The zero-order valence-corrected chi connectivity index (χ0v) is 17.8. The Morgan fingerprint density at radius 3 is 2.21 bits per heavy atom. The van der Waals surface area contributed by atoms with Crippen molar-refractivity contribution in [3.05, 3.63) is 35.9 Å². The predicted molar refractivity (Wildman–Crippen MR) is 107 cm³/mol. The molecule has 2 rings (SSSR count). The zero-order chi connectivity index (χ0) is 21.0. The number of benzene rings is 1. The van der Waals surface area contributed by atoms with E-state index >= 15 is 0 Å². The standard InChI is InChI=1S/C22H33NO5/c1-20(2,3)27-18(24)22(23-19(25)28-21(4,5)6)14-10-13-17(22)26-15-16-11-8-7-9-12-16/h7-9,11-12,17H,10,13-15H2,1-6H3,(H,23,25)/t17-,22+/m0/s1. The second kappa shape index (κ2) is 8.52. The number of amides is 1. The smallest absolute Gasteiger partial charge is 0.408 e. The van der Waals surface area contributed by atoms with Crippen molar-refractivity contribution in [3.8, 4) is 0 Å².